The van der Waals surface area contributed by atoms with Gasteiger partial charge in [-0.3, -0.25) is 4.99 Å². The van der Waals surface area contributed by atoms with Crippen molar-refractivity contribution < 1.29 is 4.74 Å². The van der Waals surface area contributed by atoms with Crippen molar-refractivity contribution in [2.24, 2.45) is 10.9 Å². The Kier molecular flexibility index (Phi) is 16.3. The monoisotopic (exact) mass is 454 g/mol. The summed E-state index contributed by atoms with van der Waals surface area (Å²) in [4.78, 5) is 6.52. The number of ether oxygens (including phenoxy) is 1. The lowest BCUT2D eigenvalue weighted by atomic mass is 10.1. The van der Waals surface area contributed by atoms with Gasteiger partial charge < -0.3 is 20.3 Å². The lowest BCUT2D eigenvalue weighted by molar-refractivity contribution is 0.123. The Morgan fingerprint density at radius 3 is 2.25 bits per heavy atom. The first-order chi connectivity index (χ1) is 11.2. The molecule has 0 aromatic rings. The zero-order chi connectivity index (χ0) is 16.8. The SMILES string of the molecule is CN=C(NCCCCCCCN(C)C)NCCCOCC1CC1.I. The molecule has 6 heteroatoms. The van der Waals surface area contributed by atoms with Gasteiger partial charge in [0, 0.05) is 33.4 Å². The summed E-state index contributed by atoms with van der Waals surface area (Å²) in [5.41, 5.74) is 0. The van der Waals surface area contributed by atoms with E-state index >= 15 is 0 Å². The first-order valence-electron chi connectivity index (χ1n) is 9.39. The third-order valence-corrected chi connectivity index (χ3v) is 4.11. The van der Waals surface area contributed by atoms with E-state index in [1.54, 1.807) is 0 Å². The van der Waals surface area contributed by atoms with Crippen LogP contribution in [0.3, 0.4) is 0 Å². The van der Waals surface area contributed by atoms with Crippen molar-refractivity contribution in [3.63, 3.8) is 0 Å². The van der Waals surface area contributed by atoms with Gasteiger partial charge in [-0.1, -0.05) is 19.3 Å². The van der Waals surface area contributed by atoms with Crippen LogP contribution in [0.4, 0.5) is 0 Å². The molecule has 0 amide bonds. The van der Waals surface area contributed by atoms with Crippen LogP contribution in [0.15, 0.2) is 4.99 Å². The molecule has 0 heterocycles. The number of rotatable bonds is 14. The van der Waals surface area contributed by atoms with Crippen molar-refractivity contribution in [3.05, 3.63) is 0 Å². The van der Waals surface area contributed by atoms with Crippen LogP contribution >= 0.6 is 24.0 Å². The van der Waals surface area contributed by atoms with E-state index in [0.717, 1.165) is 44.6 Å². The van der Waals surface area contributed by atoms with E-state index in [1.807, 2.05) is 7.05 Å². The second kappa shape index (κ2) is 16.4. The number of hydrogen-bond acceptors (Lipinski definition) is 3. The minimum Gasteiger partial charge on any atom is -0.381 e. The van der Waals surface area contributed by atoms with Gasteiger partial charge in [0.1, 0.15) is 0 Å². The highest BCUT2D eigenvalue weighted by atomic mass is 127. The summed E-state index contributed by atoms with van der Waals surface area (Å²) in [7, 11) is 6.11. The molecule has 0 atom stereocenters. The highest BCUT2D eigenvalue weighted by Crippen LogP contribution is 2.28. The highest BCUT2D eigenvalue weighted by Gasteiger charge is 2.20. The van der Waals surface area contributed by atoms with Gasteiger partial charge in [-0.05, 0) is 58.7 Å². The smallest absolute Gasteiger partial charge is 0.190 e. The van der Waals surface area contributed by atoms with Gasteiger partial charge in [0.15, 0.2) is 5.96 Å². The third kappa shape index (κ3) is 15.4. The van der Waals surface area contributed by atoms with Crippen molar-refractivity contribution >= 4 is 29.9 Å². The van der Waals surface area contributed by atoms with Crippen LogP contribution in [0.25, 0.3) is 0 Å². The van der Waals surface area contributed by atoms with Gasteiger partial charge in [0.05, 0.1) is 0 Å². The summed E-state index contributed by atoms with van der Waals surface area (Å²) < 4.78 is 5.63. The molecule has 2 N–H and O–H groups in total. The lowest BCUT2D eigenvalue weighted by Gasteiger charge is -2.12. The maximum atomic E-state index is 5.63. The van der Waals surface area contributed by atoms with Crippen LogP contribution in [-0.2, 0) is 4.74 Å². The highest BCUT2D eigenvalue weighted by molar-refractivity contribution is 14.0. The molecule has 0 bridgehead atoms. The second-order valence-electron chi connectivity index (χ2n) is 6.87. The quantitative estimate of drug-likeness (QED) is 0.183. The van der Waals surface area contributed by atoms with Gasteiger partial charge in [0.2, 0.25) is 0 Å². The predicted octanol–water partition coefficient (Wildman–Crippen LogP) is 3.10. The summed E-state index contributed by atoms with van der Waals surface area (Å²) >= 11 is 0. The Balaban J connectivity index is 0.00000529. The molecule has 1 rings (SSSR count). The maximum Gasteiger partial charge on any atom is 0.190 e. The fourth-order valence-electron chi connectivity index (χ4n) is 2.43. The summed E-state index contributed by atoms with van der Waals surface area (Å²) in [5.74, 6) is 1.78. The molecule has 1 saturated carbocycles. The Hall–Kier alpha value is -0.0800. The molecular weight excluding hydrogens is 415 g/mol. The molecule has 0 unspecified atom stereocenters. The molecule has 1 fully saturated rings. The van der Waals surface area contributed by atoms with Gasteiger partial charge in [-0.15, -0.1) is 24.0 Å². The number of halogens is 1. The number of unbranched alkanes of at least 4 members (excludes halogenated alkanes) is 4. The van der Waals surface area contributed by atoms with Crippen molar-refractivity contribution in [2.45, 2.75) is 51.4 Å². The predicted molar refractivity (Wildman–Crippen MR) is 115 cm³/mol. The van der Waals surface area contributed by atoms with Crippen LogP contribution in [0, 0.1) is 5.92 Å². The van der Waals surface area contributed by atoms with Gasteiger partial charge >= 0.3 is 0 Å². The van der Waals surface area contributed by atoms with Crippen molar-refractivity contribution in [3.8, 4) is 0 Å². The minimum absolute atomic E-state index is 0. The molecule has 0 aromatic carbocycles. The molecular formula is C18H39IN4O. The van der Waals surface area contributed by atoms with Crippen LogP contribution in [0.2, 0.25) is 0 Å². The van der Waals surface area contributed by atoms with Crippen LogP contribution in [-0.4, -0.2) is 64.9 Å². The van der Waals surface area contributed by atoms with E-state index < -0.39 is 0 Å². The Labute approximate surface area is 166 Å². The summed E-state index contributed by atoms with van der Waals surface area (Å²) in [5, 5.41) is 6.74. The number of hydrogen-bond donors (Lipinski definition) is 2. The molecule has 1 aliphatic rings. The van der Waals surface area contributed by atoms with E-state index in [-0.39, 0.29) is 24.0 Å². The van der Waals surface area contributed by atoms with E-state index in [9.17, 15) is 0 Å². The average molecular weight is 454 g/mol. The standard InChI is InChI=1S/C18H38N4O.HI/c1-19-18(21-13-9-15-23-16-17-10-11-17)20-12-7-5-4-6-8-14-22(2)3;/h17H,4-16H2,1-3H3,(H2,19,20,21);1H. The molecule has 0 saturated heterocycles. The van der Waals surface area contributed by atoms with Crippen molar-refractivity contribution in [1.29, 1.82) is 0 Å². The van der Waals surface area contributed by atoms with E-state index in [0.29, 0.717) is 0 Å². The minimum atomic E-state index is 0. The van der Waals surface area contributed by atoms with Crippen molar-refractivity contribution in [2.75, 3.05) is 54.0 Å². The topological polar surface area (TPSA) is 48.9 Å². The second-order valence-corrected chi connectivity index (χ2v) is 6.87. The Bertz CT molecular complexity index is 309. The first-order valence-corrected chi connectivity index (χ1v) is 9.39. The van der Waals surface area contributed by atoms with E-state index in [2.05, 4.69) is 34.6 Å². The zero-order valence-corrected chi connectivity index (χ0v) is 18.3. The number of aliphatic imine (C=N–C) groups is 1. The van der Waals surface area contributed by atoms with Gasteiger partial charge in [0.25, 0.3) is 0 Å². The number of nitrogens with one attached hydrogen (secondary N) is 2. The fraction of sp³-hybridized carbons (Fsp3) is 0.944. The lowest BCUT2D eigenvalue weighted by Crippen LogP contribution is -2.38. The number of guanidine groups is 1. The van der Waals surface area contributed by atoms with Crippen LogP contribution in [0.5, 0.6) is 0 Å². The van der Waals surface area contributed by atoms with E-state index in [1.165, 1.54) is 51.5 Å². The average Bonchev–Trinajstić information content (AvgIpc) is 3.35. The van der Waals surface area contributed by atoms with Crippen LogP contribution < -0.4 is 10.6 Å². The Morgan fingerprint density at radius 2 is 1.62 bits per heavy atom. The molecule has 144 valence electrons. The van der Waals surface area contributed by atoms with E-state index in [4.69, 9.17) is 4.74 Å². The maximum absolute atomic E-state index is 5.63. The molecule has 0 aliphatic heterocycles. The molecule has 1 aliphatic carbocycles. The van der Waals surface area contributed by atoms with Gasteiger partial charge in [-0.2, -0.15) is 0 Å². The fourth-order valence-corrected chi connectivity index (χ4v) is 2.43. The van der Waals surface area contributed by atoms with Crippen molar-refractivity contribution in [1.82, 2.24) is 15.5 Å². The molecule has 0 spiro atoms. The first kappa shape index (κ1) is 23.9. The largest absolute Gasteiger partial charge is 0.381 e. The molecule has 5 nitrogen and oxygen atoms in total. The molecule has 24 heavy (non-hydrogen) atoms. The zero-order valence-electron chi connectivity index (χ0n) is 16.0. The normalized spacial score (nSPS) is 14.6. The summed E-state index contributed by atoms with van der Waals surface area (Å²) in [6.45, 7) is 4.95. The summed E-state index contributed by atoms with van der Waals surface area (Å²) in [6.07, 6.45) is 10.3. The number of nitrogens with zero attached hydrogens (tertiary/aromatic N) is 2. The third-order valence-electron chi connectivity index (χ3n) is 4.11. The van der Waals surface area contributed by atoms with Gasteiger partial charge in [-0.25, -0.2) is 0 Å². The summed E-state index contributed by atoms with van der Waals surface area (Å²) in [6, 6.07) is 0. The molecule has 0 aromatic heterocycles. The Morgan fingerprint density at radius 1 is 1.00 bits per heavy atom. The van der Waals surface area contributed by atoms with Crippen LogP contribution in [0.1, 0.15) is 51.4 Å². The molecule has 0 radical (unpaired) electrons.